The van der Waals surface area contributed by atoms with Gasteiger partial charge in [0.25, 0.3) is 0 Å². The maximum absolute atomic E-state index is 12.0. The number of carbonyl (C=O) groups is 1. The highest BCUT2D eigenvalue weighted by Gasteiger charge is 2.22. The van der Waals surface area contributed by atoms with Crippen molar-refractivity contribution in [3.05, 3.63) is 35.9 Å². The Morgan fingerprint density at radius 2 is 2.00 bits per heavy atom. The molecule has 1 aliphatic heterocycles. The van der Waals surface area contributed by atoms with E-state index in [2.05, 4.69) is 5.48 Å². The van der Waals surface area contributed by atoms with Crippen LogP contribution in [0, 0.1) is 0 Å². The Kier molecular flexibility index (Phi) is 4.73. The Bertz CT molecular complexity index is 375. The number of hydrogen-bond donors (Lipinski definition) is 1. The molecule has 0 radical (unpaired) electrons. The first-order valence-electron chi connectivity index (χ1n) is 6.47. The molecule has 2 rings (SSSR count). The van der Waals surface area contributed by atoms with Crippen LogP contribution in [0.5, 0.6) is 0 Å². The third kappa shape index (κ3) is 3.55. The second-order valence-electron chi connectivity index (χ2n) is 4.65. The Morgan fingerprint density at radius 3 is 2.67 bits per heavy atom. The number of carbonyl (C=O) groups excluding carboxylic acids is 1. The van der Waals surface area contributed by atoms with E-state index >= 15 is 0 Å². The monoisotopic (exact) mass is 248 g/mol. The number of nitrogens with zero attached hydrogens (tertiary/aromatic N) is 1. The van der Waals surface area contributed by atoms with Gasteiger partial charge in [0.2, 0.25) is 5.91 Å². The van der Waals surface area contributed by atoms with Gasteiger partial charge in [-0.2, -0.15) is 5.48 Å². The third-order valence-corrected chi connectivity index (χ3v) is 3.13. The predicted molar refractivity (Wildman–Crippen MR) is 69.6 cm³/mol. The van der Waals surface area contributed by atoms with E-state index in [9.17, 15) is 4.79 Å². The average molecular weight is 248 g/mol. The third-order valence-electron chi connectivity index (χ3n) is 3.13. The van der Waals surface area contributed by atoms with Crippen LogP contribution in [-0.2, 0) is 16.2 Å². The molecule has 1 N–H and O–H groups in total. The van der Waals surface area contributed by atoms with E-state index in [1.807, 2.05) is 42.2 Å². The normalized spacial score (nSPS) is 16.8. The molecule has 1 heterocycles. The van der Waals surface area contributed by atoms with Crippen LogP contribution < -0.4 is 5.48 Å². The Hall–Kier alpha value is -1.39. The predicted octanol–water partition coefficient (Wildman–Crippen LogP) is 1.72. The molecule has 0 aliphatic carbocycles. The first kappa shape index (κ1) is 13.1. The van der Waals surface area contributed by atoms with Crippen LogP contribution in [0.3, 0.4) is 0 Å². The molecule has 1 fully saturated rings. The number of amides is 1. The van der Waals surface area contributed by atoms with Crippen molar-refractivity contribution in [3.63, 3.8) is 0 Å². The lowest BCUT2D eigenvalue weighted by Gasteiger charge is -2.20. The minimum atomic E-state index is -0.285. The summed E-state index contributed by atoms with van der Waals surface area (Å²) in [7, 11) is 0. The van der Waals surface area contributed by atoms with Crippen molar-refractivity contribution < 1.29 is 9.63 Å². The summed E-state index contributed by atoms with van der Waals surface area (Å²) in [5.41, 5.74) is 3.91. The van der Waals surface area contributed by atoms with Gasteiger partial charge in [-0.05, 0) is 25.3 Å². The van der Waals surface area contributed by atoms with Crippen molar-refractivity contribution in [2.45, 2.75) is 32.4 Å². The highest BCUT2D eigenvalue weighted by Crippen LogP contribution is 2.09. The van der Waals surface area contributed by atoms with Gasteiger partial charge in [-0.3, -0.25) is 9.63 Å². The summed E-state index contributed by atoms with van der Waals surface area (Å²) in [6.07, 6.45) is 2.23. The van der Waals surface area contributed by atoms with Crippen LogP contribution in [0.2, 0.25) is 0 Å². The summed E-state index contributed by atoms with van der Waals surface area (Å²) < 4.78 is 0. The topological polar surface area (TPSA) is 41.6 Å². The lowest BCUT2D eigenvalue weighted by molar-refractivity contribution is -0.136. The van der Waals surface area contributed by atoms with Gasteiger partial charge in [0, 0.05) is 13.1 Å². The number of rotatable bonds is 5. The van der Waals surface area contributed by atoms with Crippen molar-refractivity contribution >= 4 is 5.91 Å². The first-order valence-corrected chi connectivity index (χ1v) is 6.47. The van der Waals surface area contributed by atoms with E-state index in [1.54, 1.807) is 0 Å². The average Bonchev–Trinajstić information content (AvgIpc) is 2.93. The molecule has 0 aromatic heterocycles. The number of nitrogens with one attached hydrogen (secondary N) is 1. The summed E-state index contributed by atoms with van der Waals surface area (Å²) in [5, 5.41) is 0. The molecular weight excluding hydrogens is 228 g/mol. The molecule has 1 saturated heterocycles. The number of hydroxylamine groups is 1. The van der Waals surface area contributed by atoms with Gasteiger partial charge < -0.3 is 4.90 Å². The highest BCUT2D eigenvalue weighted by molar-refractivity contribution is 5.81. The fraction of sp³-hybridized carbons (Fsp3) is 0.500. The van der Waals surface area contributed by atoms with E-state index in [4.69, 9.17) is 4.84 Å². The zero-order valence-corrected chi connectivity index (χ0v) is 10.8. The first-order chi connectivity index (χ1) is 8.77. The Balaban J connectivity index is 1.71. The summed E-state index contributed by atoms with van der Waals surface area (Å²) in [4.78, 5) is 19.2. The summed E-state index contributed by atoms with van der Waals surface area (Å²) in [6, 6.07) is 9.61. The molecule has 1 aliphatic rings. The van der Waals surface area contributed by atoms with Gasteiger partial charge >= 0.3 is 0 Å². The highest BCUT2D eigenvalue weighted by atomic mass is 16.6. The zero-order chi connectivity index (χ0) is 12.8. The second kappa shape index (κ2) is 6.52. The van der Waals surface area contributed by atoms with Gasteiger partial charge in [-0.15, -0.1) is 0 Å². The maximum atomic E-state index is 12.0. The van der Waals surface area contributed by atoms with Crippen LogP contribution in [0.4, 0.5) is 0 Å². The van der Waals surface area contributed by atoms with Crippen LogP contribution in [0.25, 0.3) is 0 Å². The van der Waals surface area contributed by atoms with Crippen LogP contribution in [0.15, 0.2) is 30.3 Å². The maximum Gasteiger partial charge on any atom is 0.241 e. The summed E-state index contributed by atoms with van der Waals surface area (Å²) in [6.45, 7) is 4.07. The van der Waals surface area contributed by atoms with Crippen molar-refractivity contribution in [2.24, 2.45) is 0 Å². The molecule has 0 bridgehead atoms. The van der Waals surface area contributed by atoms with Gasteiger partial charge in [0.05, 0.1) is 6.61 Å². The molecule has 1 aromatic carbocycles. The molecule has 98 valence electrons. The van der Waals surface area contributed by atoms with Crippen molar-refractivity contribution in [3.8, 4) is 0 Å². The lowest BCUT2D eigenvalue weighted by Crippen LogP contribution is -2.43. The van der Waals surface area contributed by atoms with Gasteiger partial charge in [0.15, 0.2) is 0 Å². The van der Waals surface area contributed by atoms with Crippen LogP contribution in [0.1, 0.15) is 25.3 Å². The fourth-order valence-electron chi connectivity index (χ4n) is 2.09. The fourth-order valence-corrected chi connectivity index (χ4v) is 2.09. The second-order valence-corrected chi connectivity index (χ2v) is 4.65. The molecule has 1 atom stereocenters. The van der Waals surface area contributed by atoms with E-state index in [0.29, 0.717) is 6.61 Å². The van der Waals surface area contributed by atoms with Gasteiger partial charge in [-0.1, -0.05) is 30.3 Å². The number of likely N-dealkylation sites (tertiary alicyclic amines) is 1. The molecule has 18 heavy (non-hydrogen) atoms. The molecule has 0 spiro atoms. The van der Waals surface area contributed by atoms with Gasteiger partial charge in [0.1, 0.15) is 6.04 Å². The van der Waals surface area contributed by atoms with Crippen molar-refractivity contribution in [2.75, 3.05) is 13.1 Å². The van der Waals surface area contributed by atoms with Crippen molar-refractivity contribution in [1.82, 2.24) is 10.4 Å². The smallest absolute Gasteiger partial charge is 0.241 e. The minimum absolute atomic E-state index is 0.126. The summed E-state index contributed by atoms with van der Waals surface area (Å²) in [5.74, 6) is 0.126. The van der Waals surface area contributed by atoms with E-state index in [0.717, 1.165) is 31.5 Å². The number of benzene rings is 1. The number of hydrogen-bond acceptors (Lipinski definition) is 3. The zero-order valence-electron chi connectivity index (χ0n) is 10.8. The molecule has 1 amide bonds. The molecule has 1 unspecified atom stereocenters. The lowest BCUT2D eigenvalue weighted by atomic mass is 10.2. The SMILES string of the molecule is CC(NOCc1ccccc1)C(=O)N1CCCC1. The van der Waals surface area contributed by atoms with E-state index in [-0.39, 0.29) is 11.9 Å². The quantitative estimate of drug-likeness (QED) is 0.807. The van der Waals surface area contributed by atoms with E-state index < -0.39 is 0 Å². The Morgan fingerprint density at radius 1 is 1.33 bits per heavy atom. The van der Waals surface area contributed by atoms with Crippen molar-refractivity contribution in [1.29, 1.82) is 0 Å². The molecule has 0 saturated carbocycles. The van der Waals surface area contributed by atoms with Crippen LogP contribution >= 0.6 is 0 Å². The molecule has 1 aromatic rings. The molecule has 4 nitrogen and oxygen atoms in total. The largest absolute Gasteiger partial charge is 0.341 e. The minimum Gasteiger partial charge on any atom is -0.341 e. The Labute approximate surface area is 108 Å². The summed E-state index contributed by atoms with van der Waals surface area (Å²) >= 11 is 0. The van der Waals surface area contributed by atoms with E-state index in [1.165, 1.54) is 0 Å². The van der Waals surface area contributed by atoms with Gasteiger partial charge in [-0.25, -0.2) is 0 Å². The standard InChI is InChI=1S/C14H20N2O2/c1-12(14(17)16-9-5-6-10-16)15-18-11-13-7-3-2-4-8-13/h2-4,7-8,12,15H,5-6,9-11H2,1H3. The molecule has 4 heteroatoms. The molecular formula is C14H20N2O2. The van der Waals surface area contributed by atoms with Crippen LogP contribution in [-0.4, -0.2) is 29.9 Å².